The molecule has 0 bridgehead atoms. The first kappa shape index (κ1) is 11.7. The average molecular weight is 212 g/mol. The fourth-order valence-electron chi connectivity index (χ4n) is 1.28. The number of hydrogen-bond acceptors (Lipinski definition) is 4. The molecule has 1 heterocycles. The summed E-state index contributed by atoms with van der Waals surface area (Å²) in [7, 11) is 0. The van der Waals surface area contributed by atoms with Gasteiger partial charge in [-0.25, -0.2) is 0 Å². The lowest BCUT2D eigenvalue weighted by Gasteiger charge is -2.27. The zero-order valence-corrected chi connectivity index (χ0v) is 9.23. The Kier molecular flexibility index (Phi) is 3.47. The second-order valence-corrected chi connectivity index (χ2v) is 4.01. The Balaban J connectivity index is 2.72. The van der Waals surface area contributed by atoms with E-state index in [0.717, 1.165) is 0 Å². The molecular formula is C10H16N2O3. The average Bonchev–Trinajstić information content (AvgIpc) is 2.64. The second-order valence-electron chi connectivity index (χ2n) is 4.01. The van der Waals surface area contributed by atoms with Gasteiger partial charge in [-0.05, 0) is 20.8 Å². The van der Waals surface area contributed by atoms with Crippen molar-refractivity contribution in [2.45, 2.75) is 26.4 Å². The van der Waals surface area contributed by atoms with Crippen LogP contribution in [0.15, 0.2) is 16.8 Å². The largest absolute Gasteiger partial charge is 0.389 e. The number of aliphatic hydroxyl groups is 1. The second kappa shape index (κ2) is 4.44. The summed E-state index contributed by atoms with van der Waals surface area (Å²) in [5.41, 5.74) is -0.911. The summed E-state index contributed by atoms with van der Waals surface area (Å²) < 4.78 is 4.77. The molecule has 0 saturated carbocycles. The summed E-state index contributed by atoms with van der Waals surface area (Å²) in [5.74, 6) is -0.0572. The maximum atomic E-state index is 11.8. The fourth-order valence-corrected chi connectivity index (χ4v) is 1.28. The molecule has 0 atom stereocenters. The zero-order valence-electron chi connectivity index (χ0n) is 9.23. The molecule has 0 radical (unpaired) electrons. The van der Waals surface area contributed by atoms with Crippen molar-refractivity contribution in [3.63, 3.8) is 0 Å². The standard InChI is InChI=1S/C10H16N2O3/c1-4-12(7-10(2,3)14)9(13)8-5-6-11-15-8/h5-6,14H,4,7H2,1-3H3. The van der Waals surface area contributed by atoms with E-state index in [0.29, 0.717) is 6.54 Å². The Hall–Kier alpha value is -1.36. The van der Waals surface area contributed by atoms with Crippen molar-refractivity contribution in [2.75, 3.05) is 13.1 Å². The molecule has 0 aliphatic rings. The van der Waals surface area contributed by atoms with Gasteiger partial charge in [0.1, 0.15) is 0 Å². The van der Waals surface area contributed by atoms with Gasteiger partial charge in [-0.3, -0.25) is 4.79 Å². The van der Waals surface area contributed by atoms with E-state index >= 15 is 0 Å². The molecule has 15 heavy (non-hydrogen) atoms. The topological polar surface area (TPSA) is 66.6 Å². The Bertz CT molecular complexity index is 314. The molecule has 5 heteroatoms. The molecule has 0 fully saturated rings. The van der Waals surface area contributed by atoms with Crippen molar-refractivity contribution in [3.05, 3.63) is 18.0 Å². The number of carbonyl (C=O) groups excluding carboxylic acids is 1. The molecule has 1 aromatic rings. The maximum absolute atomic E-state index is 11.8. The van der Waals surface area contributed by atoms with Gasteiger partial charge >= 0.3 is 0 Å². The Morgan fingerprint density at radius 3 is 2.73 bits per heavy atom. The quantitative estimate of drug-likeness (QED) is 0.805. The van der Waals surface area contributed by atoms with Crippen LogP contribution in [0.25, 0.3) is 0 Å². The molecule has 0 aliphatic heterocycles. The molecule has 0 aliphatic carbocycles. The minimum Gasteiger partial charge on any atom is -0.389 e. The summed E-state index contributed by atoms with van der Waals surface area (Å²) in [6.07, 6.45) is 1.42. The molecular weight excluding hydrogens is 196 g/mol. The minimum absolute atomic E-state index is 0.195. The number of nitrogens with zero attached hydrogens (tertiary/aromatic N) is 2. The maximum Gasteiger partial charge on any atom is 0.292 e. The van der Waals surface area contributed by atoms with Crippen molar-refractivity contribution < 1.29 is 14.4 Å². The Morgan fingerprint density at radius 2 is 2.33 bits per heavy atom. The summed E-state index contributed by atoms with van der Waals surface area (Å²) >= 11 is 0. The van der Waals surface area contributed by atoms with Crippen LogP contribution in [-0.4, -0.2) is 39.8 Å². The van der Waals surface area contributed by atoms with Crippen LogP contribution in [-0.2, 0) is 0 Å². The van der Waals surface area contributed by atoms with Gasteiger partial charge in [0.15, 0.2) is 0 Å². The van der Waals surface area contributed by atoms with Gasteiger partial charge in [0.2, 0.25) is 5.76 Å². The Morgan fingerprint density at radius 1 is 1.67 bits per heavy atom. The van der Waals surface area contributed by atoms with E-state index < -0.39 is 5.60 Å². The number of carbonyl (C=O) groups is 1. The van der Waals surface area contributed by atoms with Gasteiger partial charge in [-0.1, -0.05) is 5.16 Å². The third-order valence-electron chi connectivity index (χ3n) is 1.90. The highest BCUT2D eigenvalue weighted by molar-refractivity contribution is 5.91. The molecule has 1 rings (SSSR count). The first-order chi connectivity index (χ1) is 6.94. The van der Waals surface area contributed by atoms with E-state index in [1.807, 2.05) is 6.92 Å². The van der Waals surface area contributed by atoms with Crippen LogP contribution in [0.5, 0.6) is 0 Å². The first-order valence-electron chi connectivity index (χ1n) is 4.86. The number of amides is 1. The number of hydrogen-bond donors (Lipinski definition) is 1. The van der Waals surface area contributed by atoms with Crippen molar-refractivity contribution in [2.24, 2.45) is 0 Å². The van der Waals surface area contributed by atoms with E-state index in [2.05, 4.69) is 5.16 Å². The highest BCUT2D eigenvalue weighted by atomic mass is 16.5. The molecule has 1 N–H and O–H groups in total. The van der Waals surface area contributed by atoms with Crippen LogP contribution in [0.3, 0.4) is 0 Å². The molecule has 84 valence electrons. The highest BCUT2D eigenvalue weighted by Gasteiger charge is 2.23. The number of aromatic nitrogens is 1. The van der Waals surface area contributed by atoms with E-state index in [4.69, 9.17) is 4.52 Å². The van der Waals surface area contributed by atoms with Gasteiger partial charge in [-0.15, -0.1) is 0 Å². The lowest BCUT2D eigenvalue weighted by atomic mass is 10.1. The van der Waals surface area contributed by atoms with Crippen LogP contribution in [0.2, 0.25) is 0 Å². The van der Waals surface area contributed by atoms with Crippen LogP contribution >= 0.6 is 0 Å². The van der Waals surface area contributed by atoms with Crippen LogP contribution in [0.1, 0.15) is 31.3 Å². The summed E-state index contributed by atoms with van der Waals surface area (Å²) in [6.45, 7) is 5.94. The van der Waals surface area contributed by atoms with E-state index in [9.17, 15) is 9.90 Å². The third-order valence-corrected chi connectivity index (χ3v) is 1.90. The fraction of sp³-hybridized carbons (Fsp3) is 0.600. The minimum atomic E-state index is -0.911. The van der Waals surface area contributed by atoms with Gasteiger partial charge < -0.3 is 14.5 Å². The highest BCUT2D eigenvalue weighted by Crippen LogP contribution is 2.09. The molecule has 5 nitrogen and oxygen atoms in total. The predicted molar refractivity (Wildman–Crippen MR) is 54.4 cm³/mol. The molecule has 0 aromatic carbocycles. The number of likely N-dealkylation sites (N-methyl/N-ethyl adjacent to an activating group) is 1. The van der Waals surface area contributed by atoms with Gasteiger partial charge in [0.25, 0.3) is 5.91 Å². The molecule has 1 aromatic heterocycles. The SMILES string of the molecule is CCN(CC(C)(C)O)C(=O)c1ccno1. The summed E-state index contributed by atoms with van der Waals surface area (Å²) in [5, 5.41) is 13.1. The van der Waals surface area contributed by atoms with E-state index in [1.165, 1.54) is 17.2 Å². The van der Waals surface area contributed by atoms with Crippen LogP contribution < -0.4 is 0 Å². The predicted octanol–water partition coefficient (Wildman–Crippen LogP) is 0.908. The Labute approximate surface area is 88.7 Å². The lowest BCUT2D eigenvalue weighted by Crippen LogP contribution is -2.42. The molecule has 1 amide bonds. The van der Waals surface area contributed by atoms with Gasteiger partial charge in [0.05, 0.1) is 11.8 Å². The van der Waals surface area contributed by atoms with Gasteiger partial charge in [0, 0.05) is 19.2 Å². The van der Waals surface area contributed by atoms with Crippen LogP contribution in [0.4, 0.5) is 0 Å². The van der Waals surface area contributed by atoms with Crippen molar-refractivity contribution in [3.8, 4) is 0 Å². The molecule has 0 spiro atoms. The van der Waals surface area contributed by atoms with E-state index in [1.54, 1.807) is 13.8 Å². The van der Waals surface area contributed by atoms with E-state index in [-0.39, 0.29) is 18.2 Å². The number of rotatable bonds is 4. The molecule has 0 unspecified atom stereocenters. The first-order valence-corrected chi connectivity index (χ1v) is 4.86. The summed E-state index contributed by atoms with van der Waals surface area (Å²) in [6, 6.07) is 1.51. The monoisotopic (exact) mass is 212 g/mol. The third kappa shape index (κ3) is 3.36. The summed E-state index contributed by atoms with van der Waals surface area (Å²) in [4.78, 5) is 13.3. The van der Waals surface area contributed by atoms with Crippen molar-refractivity contribution >= 4 is 5.91 Å². The molecule has 0 saturated heterocycles. The van der Waals surface area contributed by atoms with Crippen molar-refractivity contribution in [1.82, 2.24) is 10.1 Å². The lowest BCUT2D eigenvalue weighted by molar-refractivity contribution is 0.0294. The normalized spacial score (nSPS) is 11.5. The van der Waals surface area contributed by atoms with Gasteiger partial charge in [-0.2, -0.15) is 0 Å². The smallest absolute Gasteiger partial charge is 0.292 e. The van der Waals surface area contributed by atoms with Crippen LogP contribution in [0, 0.1) is 0 Å². The van der Waals surface area contributed by atoms with Crippen molar-refractivity contribution in [1.29, 1.82) is 0 Å². The zero-order chi connectivity index (χ0) is 11.5.